The zero-order valence-electron chi connectivity index (χ0n) is 14.3. The normalized spacial score (nSPS) is 12.9. The van der Waals surface area contributed by atoms with Gasteiger partial charge in [0.05, 0.1) is 17.9 Å². The highest BCUT2D eigenvalue weighted by atomic mass is 19.1. The van der Waals surface area contributed by atoms with E-state index in [0.29, 0.717) is 17.7 Å². The molecule has 6 nitrogen and oxygen atoms in total. The summed E-state index contributed by atoms with van der Waals surface area (Å²) in [5.74, 6) is -2.68. The van der Waals surface area contributed by atoms with Crippen LogP contribution in [0, 0.1) is 5.82 Å². The lowest BCUT2D eigenvalue weighted by Gasteiger charge is -2.15. The smallest absolute Gasteiger partial charge is 0.326 e. The van der Waals surface area contributed by atoms with Crippen LogP contribution in [0.3, 0.4) is 0 Å². The average Bonchev–Trinajstić information content (AvgIpc) is 2.91. The van der Waals surface area contributed by atoms with Gasteiger partial charge in [0.1, 0.15) is 12.4 Å². The van der Waals surface area contributed by atoms with Crippen molar-refractivity contribution in [2.45, 2.75) is 12.8 Å². The molecule has 0 aromatic heterocycles. The molecule has 2 aromatic carbocycles. The topological polar surface area (TPSA) is 80.8 Å². The maximum absolute atomic E-state index is 12.8. The van der Waals surface area contributed by atoms with Crippen molar-refractivity contribution in [3.05, 3.63) is 65.5 Å². The number of hydrogen-bond acceptors (Lipinski definition) is 5. The Morgan fingerprint density at radius 2 is 1.70 bits per heavy atom. The van der Waals surface area contributed by atoms with E-state index < -0.39 is 23.5 Å². The summed E-state index contributed by atoms with van der Waals surface area (Å²) in [6.45, 7) is -0.364. The molecule has 138 valence electrons. The maximum atomic E-state index is 12.8. The third-order valence-electron chi connectivity index (χ3n) is 4.14. The maximum Gasteiger partial charge on any atom is 0.326 e. The highest BCUT2D eigenvalue weighted by Gasteiger charge is 2.36. The molecule has 0 saturated heterocycles. The van der Waals surface area contributed by atoms with Gasteiger partial charge in [-0.25, -0.2) is 4.39 Å². The molecule has 0 bridgehead atoms. The van der Waals surface area contributed by atoms with Crippen LogP contribution in [0.25, 0.3) is 0 Å². The van der Waals surface area contributed by atoms with Crippen LogP contribution in [-0.2, 0) is 14.3 Å². The number of fused-ring (bicyclic) bond motifs is 1. The Morgan fingerprint density at radius 3 is 2.44 bits per heavy atom. The second-order valence-corrected chi connectivity index (χ2v) is 5.99. The van der Waals surface area contributed by atoms with Crippen LogP contribution in [0.5, 0.6) is 0 Å². The van der Waals surface area contributed by atoms with Gasteiger partial charge in [0, 0.05) is 12.0 Å². The van der Waals surface area contributed by atoms with Crippen molar-refractivity contribution in [3.8, 4) is 0 Å². The monoisotopic (exact) mass is 369 g/mol. The Bertz CT molecular complexity index is 907. The number of esters is 1. The molecule has 27 heavy (non-hydrogen) atoms. The SMILES string of the molecule is O=C(CN1C(=O)C(=O)c2ccccc21)OCCCC(=O)c1ccc(F)cc1. The summed E-state index contributed by atoms with van der Waals surface area (Å²) in [5, 5.41) is 0. The molecular weight excluding hydrogens is 353 g/mol. The van der Waals surface area contributed by atoms with Crippen LogP contribution in [-0.4, -0.2) is 36.6 Å². The van der Waals surface area contributed by atoms with Gasteiger partial charge in [0.2, 0.25) is 0 Å². The second-order valence-electron chi connectivity index (χ2n) is 5.99. The summed E-state index contributed by atoms with van der Waals surface area (Å²) in [7, 11) is 0. The molecule has 2 aromatic rings. The van der Waals surface area contributed by atoms with Gasteiger partial charge in [-0.2, -0.15) is 0 Å². The number of hydrogen-bond donors (Lipinski definition) is 0. The fourth-order valence-electron chi connectivity index (χ4n) is 2.78. The molecule has 0 radical (unpaired) electrons. The molecule has 0 fully saturated rings. The van der Waals surface area contributed by atoms with E-state index in [9.17, 15) is 23.6 Å². The highest BCUT2D eigenvalue weighted by Crippen LogP contribution is 2.28. The minimum absolute atomic E-state index is 0.00336. The highest BCUT2D eigenvalue weighted by molar-refractivity contribution is 6.52. The van der Waals surface area contributed by atoms with Gasteiger partial charge < -0.3 is 4.74 Å². The summed E-state index contributed by atoms with van der Waals surface area (Å²) in [6.07, 6.45) is 0.439. The number of anilines is 1. The van der Waals surface area contributed by atoms with E-state index in [1.807, 2.05) is 0 Å². The molecule has 0 saturated carbocycles. The number of para-hydroxylation sites is 1. The molecular formula is C20H16FNO5. The van der Waals surface area contributed by atoms with Crippen LogP contribution in [0.15, 0.2) is 48.5 Å². The van der Waals surface area contributed by atoms with Crippen LogP contribution in [0.4, 0.5) is 10.1 Å². The lowest BCUT2D eigenvalue weighted by atomic mass is 10.1. The summed E-state index contributed by atoms with van der Waals surface area (Å²) in [4.78, 5) is 48.9. The Kier molecular flexibility index (Phi) is 5.40. The third-order valence-corrected chi connectivity index (χ3v) is 4.14. The number of amides is 1. The van der Waals surface area contributed by atoms with Crippen molar-refractivity contribution in [1.82, 2.24) is 0 Å². The van der Waals surface area contributed by atoms with Crippen molar-refractivity contribution < 1.29 is 28.3 Å². The molecule has 1 amide bonds. The standard InChI is InChI=1S/C20H16FNO5/c21-14-9-7-13(8-10-14)17(23)6-3-11-27-18(24)12-22-16-5-2-1-4-15(16)19(25)20(22)26/h1-2,4-5,7-10H,3,6,11-12H2. The van der Waals surface area contributed by atoms with Crippen LogP contribution in [0.2, 0.25) is 0 Å². The van der Waals surface area contributed by atoms with Crippen molar-refractivity contribution in [2.75, 3.05) is 18.1 Å². The van der Waals surface area contributed by atoms with Gasteiger partial charge in [-0.05, 0) is 42.8 Å². The fourth-order valence-corrected chi connectivity index (χ4v) is 2.78. The quantitative estimate of drug-likeness (QED) is 0.324. The lowest BCUT2D eigenvalue weighted by molar-refractivity contribution is -0.142. The van der Waals surface area contributed by atoms with Crippen LogP contribution < -0.4 is 4.90 Å². The third kappa shape index (κ3) is 4.08. The number of benzene rings is 2. The van der Waals surface area contributed by atoms with E-state index in [4.69, 9.17) is 4.74 Å². The number of ketones is 2. The van der Waals surface area contributed by atoms with E-state index in [1.54, 1.807) is 18.2 Å². The molecule has 3 rings (SSSR count). The number of carbonyl (C=O) groups is 4. The number of carbonyl (C=O) groups excluding carboxylic acids is 4. The van der Waals surface area contributed by atoms with Gasteiger partial charge >= 0.3 is 5.97 Å². The molecule has 0 unspecified atom stereocenters. The first kappa shape index (κ1) is 18.4. The van der Waals surface area contributed by atoms with Gasteiger partial charge in [0.25, 0.3) is 11.7 Å². The molecule has 7 heteroatoms. The van der Waals surface area contributed by atoms with Crippen LogP contribution >= 0.6 is 0 Å². The zero-order chi connectivity index (χ0) is 19.4. The zero-order valence-corrected chi connectivity index (χ0v) is 14.3. The van der Waals surface area contributed by atoms with Crippen molar-refractivity contribution in [2.24, 2.45) is 0 Å². The van der Waals surface area contributed by atoms with Crippen molar-refractivity contribution in [3.63, 3.8) is 0 Å². The van der Waals surface area contributed by atoms with Gasteiger partial charge in [-0.1, -0.05) is 12.1 Å². The number of rotatable bonds is 7. The predicted molar refractivity (Wildman–Crippen MR) is 94.0 cm³/mol. The Balaban J connectivity index is 1.46. The minimum Gasteiger partial charge on any atom is -0.464 e. The Morgan fingerprint density at radius 1 is 1.00 bits per heavy atom. The van der Waals surface area contributed by atoms with Crippen LogP contribution in [0.1, 0.15) is 33.6 Å². The summed E-state index contributed by atoms with van der Waals surface area (Å²) < 4.78 is 17.9. The summed E-state index contributed by atoms with van der Waals surface area (Å²) >= 11 is 0. The Hall–Kier alpha value is -3.35. The van der Waals surface area contributed by atoms with E-state index in [2.05, 4.69) is 0 Å². The van der Waals surface area contributed by atoms with Crippen molar-refractivity contribution >= 4 is 29.1 Å². The molecule has 0 atom stereocenters. The second kappa shape index (κ2) is 7.90. The van der Waals surface area contributed by atoms with E-state index >= 15 is 0 Å². The minimum atomic E-state index is -0.764. The average molecular weight is 369 g/mol. The first-order valence-corrected chi connectivity index (χ1v) is 8.37. The summed E-state index contributed by atoms with van der Waals surface area (Å²) in [6, 6.07) is 11.6. The molecule has 0 aliphatic carbocycles. The van der Waals surface area contributed by atoms with E-state index in [1.165, 1.54) is 30.3 Å². The summed E-state index contributed by atoms with van der Waals surface area (Å²) in [5.41, 5.74) is 1.04. The van der Waals surface area contributed by atoms with E-state index in [-0.39, 0.29) is 30.9 Å². The Labute approximate surface area is 154 Å². The van der Waals surface area contributed by atoms with Gasteiger partial charge in [-0.15, -0.1) is 0 Å². The first-order valence-electron chi connectivity index (χ1n) is 8.37. The molecule has 1 heterocycles. The number of Topliss-reactive ketones (excluding diaryl/α,β-unsaturated/α-hetero) is 2. The number of ether oxygens (including phenoxy) is 1. The fraction of sp³-hybridized carbons (Fsp3) is 0.200. The molecule has 0 spiro atoms. The molecule has 0 N–H and O–H groups in total. The predicted octanol–water partition coefficient (Wildman–Crippen LogP) is 2.56. The van der Waals surface area contributed by atoms with E-state index in [0.717, 1.165) is 4.90 Å². The van der Waals surface area contributed by atoms with Gasteiger partial charge in [-0.3, -0.25) is 24.1 Å². The number of halogens is 1. The lowest BCUT2D eigenvalue weighted by Crippen LogP contribution is -2.35. The number of nitrogens with zero attached hydrogens (tertiary/aromatic N) is 1. The van der Waals surface area contributed by atoms with Gasteiger partial charge in [0.15, 0.2) is 5.78 Å². The largest absolute Gasteiger partial charge is 0.464 e. The molecule has 1 aliphatic rings. The molecule has 1 aliphatic heterocycles. The first-order chi connectivity index (χ1) is 13.0. The van der Waals surface area contributed by atoms with Crippen molar-refractivity contribution in [1.29, 1.82) is 0 Å².